The second-order valence-corrected chi connectivity index (χ2v) is 7.59. The van der Waals surface area contributed by atoms with E-state index >= 15 is 0 Å². The van der Waals surface area contributed by atoms with Gasteiger partial charge in [0.25, 0.3) is 0 Å². The van der Waals surface area contributed by atoms with Crippen LogP contribution in [0.5, 0.6) is 0 Å². The van der Waals surface area contributed by atoms with Crippen molar-refractivity contribution in [3.63, 3.8) is 0 Å². The number of nitrogens with one attached hydrogen (secondary N) is 1. The molecule has 0 saturated carbocycles. The van der Waals surface area contributed by atoms with Crippen LogP contribution in [0.1, 0.15) is 25.5 Å². The molecular weight excluding hydrogens is 361 g/mol. The second kappa shape index (κ2) is 8.76. The molecule has 1 aliphatic rings. The first-order valence-electron chi connectivity index (χ1n) is 7.64. The van der Waals surface area contributed by atoms with Crippen molar-refractivity contribution >= 4 is 24.2 Å². The number of piperazine rings is 1. The van der Waals surface area contributed by atoms with Crippen LogP contribution >= 0.6 is 24.2 Å². The molecule has 3 nitrogen and oxygen atoms in total. The molecule has 1 saturated heterocycles. The van der Waals surface area contributed by atoms with E-state index in [0.717, 1.165) is 31.7 Å². The summed E-state index contributed by atoms with van der Waals surface area (Å²) in [5, 5.41) is 13.1. The zero-order chi connectivity index (χ0) is 17.1. The molecule has 0 unspecified atom stereocenters. The minimum atomic E-state index is -4.27. The third-order valence-electron chi connectivity index (χ3n) is 4.09. The molecule has 0 aliphatic carbocycles. The van der Waals surface area contributed by atoms with E-state index in [1.807, 2.05) is 13.8 Å². The van der Waals surface area contributed by atoms with E-state index in [1.54, 1.807) is 12.1 Å². The van der Waals surface area contributed by atoms with Gasteiger partial charge in [0.05, 0.1) is 0 Å². The standard InChI is InChI=1S/C16H23F3N2OS.ClH/c1-15(2,11-22)14(21-9-7-20-8-10-21)12-3-5-13(6-4-12)23-16(17,18)19;/h3-6,14,20,22H,7-11H2,1-2H3;1H/t14-;/m1./s1. The number of nitrogens with zero attached hydrogens (tertiary/aromatic N) is 1. The first-order valence-corrected chi connectivity index (χ1v) is 8.46. The maximum Gasteiger partial charge on any atom is 0.446 e. The van der Waals surface area contributed by atoms with Crippen LogP contribution in [0, 0.1) is 5.41 Å². The Bertz CT molecular complexity index is 505. The molecule has 1 fully saturated rings. The van der Waals surface area contributed by atoms with Crippen LogP contribution in [-0.2, 0) is 0 Å². The summed E-state index contributed by atoms with van der Waals surface area (Å²) in [5.74, 6) is 0. The van der Waals surface area contributed by atoms with Crippen LogP contribution in [-0.4, -0.2) is 48.3 Å². The molecule has 1 heterocycles. The van der Waals surface area contributed by atoms with Gasteiger partial charge in [0.1, 0.15) is 0 Å². The Balaban J connectivity index is 0.00000288. The van der Waals surface area contributed by atoms with E-state index in [1.165, 1.54) is 12.1 Å². The van der Waals surface area contributed by atoms with Gasteiger partial charge in [0.15, 0.2) is 0 Å². The molecule has 1 atom stereocenters. The average molecular weight is 385 g/mol. The van der Waals surface area contributed by atoms with Crippen molar-refractivity contribution in [3.8, 4) is 0 Å². The van der Waals surface area contributed by atoms with Gasteiger partial charge in [-0.15, -0.1) is 12.4 Å². The zero-order valence-electron chi connectivity index (χ0n) is 13.8. The van der Waals surface area contributed by atoms with Crippen molar-refractivity contribution in [2.45, 2.75) is 30.3 Å². The Morgan fingerprint density at radius 3 is 2.17 bits per heavy atom. The molecule has 0 spiro atoms. The normalized spacial score (nSPS) is 18.1. The molecule has 0 radical (unpaired) electrons. The van der Waals surface area contributed by atoms with Gasteiger partial charge >= 0.3 is 5.51 Å². The molecule has 1 aromatic rings. The molecule has 0 bridgehead atoms. The molecule has 1 aromatic carbocycles. The summed E-state index contributed by atoms with van der Waals surface area (Å²) in [6, 6.07) is 6.49. The molecular formula is C16H24ClF3N2OS. The highest BCUT2D eigenvalue weighted by Gasteiger charge is 2.36. The highest BCUT2D eigenvalue weighted by atomic mass is 35.5. The van der Waals surface area contributed by atoms with Crippen molar-refractivity contribution in [2.24, 2.45) is 5.41 Å². The van der Waals surface area contributed by atoms with Gasteiger partial charge in [0, 0.05) is 49.1 Å². The van der Waals surface area contributed by atoms with Crippen molar-refractivity contribution in [1.82, 2.24) is 10.2 Å². The van der Waals surface area contributed by atoms with Crippen LogP contribution < -0.4 is 5.32 Å². The number of thioether (sulfide) groups is 1. The molecule has 2 N–H and O–H groups in total. The number of benzene rings is 1. The minimum absolute atomic E-state index is 0. The quantitative estimate of drug-likeness (QED) is 0.759. The number of rotatable bonds is 5. The Morgan fingerprint density at radius 2 is 1.71 bits per heavy atom. The van der Waals surface area contributed by atoms with Gasteiger partial charge in [0.2, 0.25) is 0 Å². The van der Waals surface area contributed by atoms with Crippen LogP contribution in [0.25, 0.3) is 0 Å². The van der Waals surface area contributed by atoms with Crippen molar-refractivity contribution in [2.75, 3.05) is 32.8 Å². The monoisotopic (exact) mass is 384 g/mol. The van der Waals surface area contributed by atoms with Gasteiger partial charge in [-0.25, -0.2) is 0 Å². The molecule has 24 heavy (non-hydrogen) atoms. The van der Waals surface area contributed by atoms with Gasteiger partial charge in [-0.1, -0.05) is 26.0 Å². The third kappa shape index (κ3) is 5.81. The lowest BCUT2D eigenvalue weighted by atomic mass is 9.80. The Labute approximate surface area is 151 Å². The first-order chi connectivity index (χ1) is 10.7. The molecule has 0 aromatic heterocycles. The molecule has 2 rings (SSSR count). The molecule has 8 heteroatoms. The van der Waals surface area contributed by atoms with Crippen LogP contribution in [0.15, 0.2) is 29.2 Å². The van der Waals surface area contributed by atoms with Crippen LogP contribution in [0.2, 0.25) is 0 Å². The van der Waals surface area contributed by atoms with E-state index in [0.29, 0.717) is 0 Å². The van der Waals surface area contributed by atoms with E-state index in [-0.39, 0.29) is 47.1 Å². The average Bonchev–Trinajstić information content (AvgIpc) is 2.49. The zero-order valence-corrected chi connectivity index (χ0v) is 15.4. The summed E-state index contributed by atoms with van der Waals surface area (Å²) in [5.41, 5.74) is -3.71. The summed E-state index contributed by atoms with van der Waals surface area (Å²) in [6.07, 6.45) is 0. The number of hydrogen-bond acceptors (Lipinski definition) is 4. The smallest absolute Gasteiger partial charge is 0.396 e. The van der Waals surface area contributed by atoms with E-state index in [2.05, 4.69) is 10.2 Å². The maximum absolute atomic E-state index is 12.4. The first kappa shape index (κ1) is 21.6. The lowest BCUT2D eigenvalue weighted by Crippen LogP contribution is -2.49. The predicted molar refractivity (Wildman–Crippen MR) is 93.7 cm³/mol. The van der Waals surface area contributed by atoms with Gasteiger partial charge < -0.3 is 10.4 Å². The lowest BCUT2D eigenvalue weighted by molar-refractivity contribution is -0.0328. The van der Waals surface area contributed by atoms with Crippen LogP contribution in [0.3, 0.4) is 0 Å². The Morgan fingerprint density at radius 1 is 1.17 bits per heavy atom. The topological polar surface area (TPSA) is 35.5 Å². The summed E-state index contributed by atoms with van der Waals surface area (Å²) in [6.45, 7) is 7.44. The fourth-order valence-corrected chi connectivity index (χ4v) is 3.57. The second-order valence-electron chi connectivity index (χ2n) is 6.45. The number of alkyl halides is 3. The molecule has 138 valence electrons. The van der Waals surface area contributed by atoms with Crippen molar-refractivity contribution < 1.29 is 18.3 Å². The van der Waals surface area contributed by atoms with Crippen LogP contribution in [0.4, 0.5) is 13.2 Å². The highest BCUT2D eigenvalue weighted by molar-refractivity contribution is 8.00. The molecule has 1 aliphatic heterocycles. The van der Waals surface area contributed by atoms with Crippen molar-refractivity contribution in [3.05, 3.63) is 29.8 Å². The van der Waals surface area contributed by atoms with E-state index in [9.17, 15) is 18.3 Å². The largest absolute Gasteiger partial charge is 0.446 e. The number of hydrogen-bond donors (Lipinski definition) is 2. The van der Waals surface area contributed by atoms with Gasteiger partial charge in [-0.05, 0) is 29.5 Å². The Kier molecular flexibility index (Phi) is 7.87. The summed E-state index contributed by atoms with van der Waals surface area (Å²) in [7, 11) is 0. The Hall–Kier alpha value is -0.470. The summed E-state index contributed by atoms with van der Waals surface area (Å²) >= 11 is -0.103. The van der Waals surface area contributed by atoms with E-state index < -0.39 is 5.51 Å². The maximum atomic E-state index is 12.4. The summed E-state index contributed by atoms with van der Waals surface area (Å²) < 4.78 is 37.3. The fourth-order valence-electron chi connectivity index (χ4n) is 3.03. The highest BCUT2D eigenvalue weighted by Crippen LogP contribution is 2.41. The number of halogens is 4. The van der Waals surface area contributed by atoms with Gasteiger partial charge in [-0.3, -0.25) is 4.90 Å². The van der Waals surface area contributed by atoms with E-state index in [4.69, 9.17) is 0 Å². The van der Waals surface area contributed by atoms with Gasteiger partial charge in [-0.2, -0.15) is 13.2 Å². The summed E-state index contributed by atoms with van der Waals surface area (Å²) in [4.78, 5) is 2.47. The number of aliphatic hydroxyl groups excluding tert-OH is 1. The number of aliphatic hydroxyl groups is 1. The SMILES string of the molecule is CC(C)(CO)[C@@H](c1ccc(SC(F)(F)F)cc1)N1CCNCC1.Cl. The fraction of sp³-hybridized carbons (Fsp3) is 0.625. The minimum Gasteiger partial charge on any atom is -0.396 e. The predicted octanol–water partition coefficient (Wildman–Crippen LogP) is 3.69. The molecule has 0 amide bonds. The lowest BCUT2D eigenvalue weighted by Gasteiger charge is -2.43. The third-order valence-corrected chi connectivity index (χ3v) is 4.83. The van der Waals surface area contributed by atoms with Crippen molar-refractivity contribution in [1.29, 1.82) is 0 Å².